The molecule has 0 saturated carbocycles. The van der Waals surface area contributed by atoms with Crippen LogP contribution in [0.4, 0.5) is 23.7 Å². The highest BCUT2D eigenvalue weighted by molar-refractivity contribution is 5.70. The van der Waals surface area contributed by atoms with Gasteiger partial charge in [-0.1, -0.05) is 0 Å². The van der Waals surface area contributed by atoms with Gasteiger partial charge in [-0.3, -0.25) is 4.98 Å². The van der Waals surface area contributed by atoms with Gasteiger partial charge in [0, 0.05) is 30.3 Å². The molecule has 1 fully saturated rings. The van der Waals surface area contributed by atoms with Gasteiger partial charge >= 0.3 is 6.09 Å². The minimum atomic E-state index is -3.15. The Morgan fingerprint density at radius 1 is 1.38 bits per heavy atom. The molecule has 2 heterocycles. The zero-order chi connectivity index (χ0) is 23.5. The molecule has 1 aliphatic rings. The summed E-state index contributed by atoms with van der Waals surface area (Å²) in [7, 11) is 1.39. The number of hydrogen-bond acceptors (Lipinski definition) is 6. The zero-order valence-corrected chi connectivity index (χ0v) is 17.3. The fourth-order valence-corrected chi connectivity index (χ4v) is 4.09. The Morgan fingerprint density at radius 3 is 2.75 bits per heavy atom. The average Bonchev–Trinajstić information content (AvgIpc) is 2.77. The fourth-order valence-electron chi connectivity index (χ4n) is 4.09. The van der Waals surface area contributed by atoms with Crippen LogP contribution in [0.1, 0.15) is 18.4 Å². The van der Waals surface area contributed by atoms with E-state index in [1.807, 2.05) is 0 Å². The van der Waals surface area contributed by atoms with Crippen LogP contribution in [-0.4, -0.2) is 64.7 Å². The number of pyridine rings is 1. The molecule has 2 unspecified atom stereocenters. The predicted octanol–water partition coefficient (Wildman–Crippen LogP) is 2.62. The summed E-state index contributed by atoms with van der Waals surface area (Å²) in [5.41, 5.74) is -0.0868. The lowest BCUT2D eigenvalue weighted by Gasteiger charge is -2.46. The first-order valence-corrected chi connectivity index (χ1v) is 9.86. The molecule has 0 aliphatic carbocycles. The van der Waals surface area contributed by atoms with Crippen LogP contribution in [0.2, 0.25) is 0 Å². The van der Waals surface area contributed by atoms with Crippen molar-refractivity contribution in [2.75, 3.05) is 25.1 Å². The first kappa shape index (κ1) is 23.6. The molecule has 4 N–H and O–H groups in total. The lowest BCUT2D eigenvalue weighted by atomic mass is 9.83. The summed E-state index contributed by atoms with van der Waals surface area (Å²) in [5, 5.41) is 31.3. The normalized spacial score (nSPS) is 19.7. The van der Waals surface area contributed by atoms with E-state index in [0.717, 1.165) is 0 Å². The highest BCUT2D eigenvalue weighted by atomic mass is 19.3. The maximum Gasteiger partial charge on any atom is 0.405 e. The number of amides is 1. The molecule has 0 radical (unpaired) electrons. The zero-order valence-electron chi connectivity index (χ0n) is 17.3. The highest BCUT2D eigenvalue weighted by Gasteiger charge is 2.47. The number of benzene rings is 1. The largest absolute Gasteiger partial charge is 0.496 e. The van der Waals surface area contributed by atoms with E-state index in [9.17, 15) is 33.3 Å². The van der Waals surface area contributed by atoms with Crippen LogP contribution >= 0.6 is 0 Å². The maximum absolute atomic E-state index is 13.5. The summed E-state index contributed by atoms with van der Waals surface area (Å²) in [4.78, 5) is 17.2. The smallest absolute Gasteiger partial charge is 0.405 e. The minimum Gasteiger partial charge on any atom is -0.496 e. The third kappa shape index (κ3) is 4.73. The van der Waals surface area contributed by atoms with Crippen molar-refractivity contribution >= 4 is 11.8 Å². The molecule has 8 nitrogen and oxygen atoms in total. The van der Waals surface area contributed by atoms with Gasteiger partial charge in [0.2, 0.25) is 0 Å². The Balaban J connectivity index is 1.98. The number of aliphatic hydroxyl groups excluding tert-OH is 2. The Bertz CT molecular complexity index is 978. The molecule has 1 amide bonds. The van der Waals surface area contributed by atoms with Gasteiger partial charge in [0.15, 0.2) is 0 Å². The molecule has 32 heavy (non-hydrogen) atoms. The molecule has 2 aromatic rings. The van der Waals surface area contributed by atoms with Crippen LogP contribution in [0, 0.1) is 5.82 Å². The van der Waals surface area contributed by atoms with E-state index in [2.05, 4.69) is 10.3 Å². The Morgan fingerprint density at radius 2 is 2.12 bits per heavy atom. The molecule has 174 valence electrons. The lowest BCUT2D eigenvalue weighted by molar-refractivity contribution is -0.0627. The van der Waals surface area contributed by atoms with Gasteiger partial charge in [-0.05, 0) is 31.0 Å². The van der Waals surface area contributed by atoms with Crippen molar-refractivity contribution in [3.05, 3.63) is 41.8 Å². The van der Waals surface area contributed by atoms with Crippen LogP contribution in [-0.2, 0) is 6.61 Å². The summed E-state index contributed by atoms with van der Waals surface area (Å²) in [6.07, 6.45) is -5.11. The molecular formula is C21H24F3N3O5. The number of aliphatic hydroxyl groups is 2. The van der Waals surface area contributed by atoms with Crippen molar-refractivity contribution in [1.82, 2.24) is 10.3 Å². The Hall–Kier alpha value is -3.05. The molecule has 11 heteroatoms. The number of carboxylic acid groups (broad SMARTS) is 1. The van der Waals surface area contributed by atoms with Crippen LogP contribution in [0.15, 0.2) is 30.5 Å². The molecule has 1 aromatic heterocycles. The van der Waals surface area contributed by atoms with Crippen molar-refractivity contribution in [1.29, 1.82) is 0 Å². The molecule has 0 bridgehead atoms. The van der Waals surface area contributed by atoms with E-state index in [1.54, 1.807) is 11.0 Å². The number of rotatable bonds is 7. The fraction of sp³-hybridized carbons (Fsp3) is 0.429. The topological polar surface area (TPSA) is 115 Å². The van der Waals surface area contributed by atoms with Gasteiger partial charge in [0.05, 0.1) is 36.8 Å². The van der Waals surface area contributed by atoms with Crippen molar-refractivity contribution in [3.63, 3.8) is 0 Å². The van der Waals surface area contributed by atoms with Gasteiger partial charge in [-0.2, -0.15) is 0 Å². The number of alkyl halides is 2. The molecule has 1 aromatic carbocycles. The van der Waals surface area contributed by atoms with Crippen molar-refractivity contribution in [3.8, 4) is 17.0 Å². The second kappa shape index (κ2) is 9.61. The van der Waals surface area contributed by atoms with Crippen LogP contribution in [0.5, 0.6) is 5.75 Å². The number of ether oxygens (including phenoxy) is 1. The second-order valence-corrected chi connectivity index (χ2v) is 7.59. The predicted molar refractivity (Wildman–Crippen MR) is 109 cm³/mol. The lowest BCUT2D eigenvalue weighted by Crippen LogP contribution is -2.66. The summed E-state index contributed by atoms with van der Waals surface area (Å²) in [6.45, 7) is -0.271. The van der Waals surface area contributed by atoms with Gasteiger partial charge < -0.3 is 30.3 Å². The summed E-state index contributed by atoms with van der Waals surface area (Å²) < 4.78 is 45.4. The van der Waals surface area contributed by atoms with E-state index in [-0.39, 0.29) is 18.7 Å². The third-order valence-corrected chi connectivity index (χ3v) is 5.60. The van der Waals surface area contributed by atoms with Crippen LogP contribution < -0.4 is 15.0 Å². The van der Waals surface area contributed by atoms with Gasteiger partial charge in [0.25, 0.3) is 6.43 Å². The standard InChI is InChI=1S/C21H24F3N3O5/c1-32-17-8-13(22)3-4-14(17)15-7-12(10-28)16(9-25-15)27-6-2-5-21(11-27,26-20(30)31)18(29)19(23)24/h3-4,7-9,18-19,26,28-29H,2,5-6,10-11H2,1H3,(H,30,31). The number of hydrogen-bond donors (Lipinski definition) is 4. The highest BCUT2D eigenvalue weighted by Crippen LogP contribution is 2.35. The van der Waals surface area contributed by atoms with Crippen LogP contribution in [0.3, 0.4) is 0 Å². The number of nitrogens with one attached hydrogen (secondary N) is 1. The maximum atomic E-state index is 13.5. The summed E-state index contributed by atoms with van der Waals surface area (Å²) >= 11 is 0. The van der Waals surface area contributed by atoms with Crippen molar-refractivity contribution in [2.45, 2.75) is 37.5 Å². The van der Waals surface area contributed by atoms with Crippen molar-refractivity contribution in [2.24, 2.45) is 0 Å². The van der Waals surface area contributed by atoms with E-state index in [1.165, 1.54) is 31.5 Å². The first-order chi connectivity index (χ1) is 15.2. The summed E-state index contributed by atoms with van der Waals surface area (Å²) in [5.74, 6) is -0.241. The number of aromatic nitrogens is 1. The number of methoxy groups -OCH3 is 1. The first-order valence-electron chi connectivity index (χ1n) is 9.86. The minimum absolute atomic E-state index is 0.0219. The second-order valence-electron chi connectivity index (χ2n) is 7.59. The van der Waals surface area contributed by atoms with Gasteiger partial charge in [-0.25, -0.2) is 18.0 Å². The monoisotopic (exact) mass is 455 g/mol. The molecule has 3 rings (SSSR count). The van der Waals surface area contributed by atoms with Crippen molar-refractivity contribution < 1.29 is 38.0 Å². The quantitative estimate of drug-likeness (QED) is 0.507. The SMILES string of the molecule is COc1cc(F)ccc1-c1cc(CO)c(N2CCCC(NC(=O)O)(C(O)C(F)F)C2)cn1. The van der Waals surface area contributed by atoms with E-state index >= 15 is 0 Å². The molecule has 0 spiro atoms. The van der Waals surface area contributed by atoms with E-state index < -0.39 is 36.6 Å². The molecule has 2 atom stereocenters. The molecule has 1 saturated heterocycles. The number of halogens is 3. The number of nitrogens with zero attached hydrogens (tertiary/aromatic N) is 2. The number of carbonyl (C=O) groups is 1. The molecular weight excluding hydrogens is 431 g/mol. The van der Waals surface area contributed by atoms with E-state index in [0.29, 0.717) is 35.5 Å². The Labute approximate surface area is 182 Å². The average molecular weight is 455 g/mol. The third-order valence-electron chi connectivity index (χ3n) is 5.60. The van der Waals surface area contributed by atoms with Crippen LogP contribution in [0.25, 0.3) is 11.3 Å². The number of piperidine rings is 1. The number of anilines is 1. The van der Waals surface area contributed by atoms with Gasteiger partial charge in [0.1, 0.15) is 17.7 Å². The Kier molecular flexibility index (Phi) is 7.09. The molecule has 1 aliphatic heterocycles. The van der Waals surface area contributed by atoms with E-state index in [4.69, 9.17) is 4.74 Å². The summed E-state index contributed by atoms with van der Waals surface area (Å²) in [6, 6.07) is 5.49. The van der Waals surface area contributed by atoms with Gasteiger partial charge in [-0.15, -0.1) is 0 Å².